The minimum atomic E-state index is -0.283. The lowest BCUT2D eigenvalue weighted by atomic mass is 9.94. The average Bonchev–Trinajstić information content (AvgIpc) is 3.36. The second-order valence-corrected chi connectivity index (χ2v) is 7.76. The normalized spacial score (nSPS) is 24.2. The number of hydrogen-bond acceptors (Lipinski definition) is 5. The molecule has 2 aromatic carbocycles. The van der Waals surface area contributed by atoms with Crippen LogP contribution in [0.5, 0.6) is 17.2 Å². The monoisotopic (exact) mass is 362 g/mol. The van der Waals surface area contributed by atoms with Gasteiger partial charge >= 0.3 is 0 Å². The standard InChI is InChI=1S/C22H22N2O3/c1-2-6-19-16(5-1)18-14-17(23-24(18)22(27-19)9-3-4-10-22)15-7-8-20-21(13-15)26-12-11-25-20/h1-2,5-8,13,18H,3-4,9-12,14H2/t18-/m0/s1. The molecule has 0 N–H and O–H groups in total. The summed E-state index contributed by atoms with van der Waals surface area (Å²) in [5, 5.41) is 7.35. The van der Waals surface area contributed by atoms with Crippen LogP contribution in [0.3, 0.4) is 0 Å². The van der Waals surface area contributed by atoms with E-state index in [1.54, 1.807) is 0 Å². The molecule has 0 radical (unpaired) electrons. The first kappa shape index (κ1) is 15.4. The molecule has 4 aliphatic rings. The Kier molecular flexibility index (Phi) is 3.22. The Hall–Kier alpha value is -2.69. The number of rotatable bonds is 1. The molecule has 6 rings (SSSR count). The molecule has 0 saturated heterocycles. The first-order valence-corrected chi connectivity index (χ1v) is 9.87. The van der Waals surface area contributed by atoms with Crippen molar-refractivity contribution in [1.82, 2.24) is 5.01 Å². The maximum absolute atomic E-state index is 6.54. The molecule has 1 spiro atoms. The van der Waals surface area contributed by atoms with Crippen molar-refractivity contribution in [3.63, 3.8) is 0 Å². The SMILES string of the molecule is c1ccc2c(c1)OC1(CCCC1)N1N=C(c3ccc4c(c3)OCCO4)C[C@@H]21. The Morgan fingerprint density at radius 2 is 1.74 bits per heavy atom. The quantitative estimate of drug-likeness (QED) is 0.760. The van der Waals surface area contributed by atoms with Crippen LogP contribution in [0, 0.1) is 0 Å². The van der Waals surface area contributed by atoms with Gasteiger partial charge in [0.25, 0.3) is 0 Å². The van der Waals surface area contributed by atoms with Crippen LogP contribution in [-0.4, -0.2) is 29.7 Å². The summed E-state index contributed by atoms with van der Waals surface area (Å²) < 4.78 is 18.0. The molecule has 138 valence electrons. The molecule has 3 heterocycles. The Balaban J connectivity index is 1.42. The topological polar surface area (TPSA) is 43.3 Å². The molecular weight excluding hydrogens is 340 g/mol. The van der Waals surface area contributed by atoms with Gasteiger partial charge in [0.2, 0.25) is 0 Å². The van der Waals surface area contributed by atoms with Gasteiger partial charge in [-0.15, -0.1) is 0 Å². The molecular formula is C22H22N2O3. The van der Waals surface area contributed by atoms with E-state index in [0.29, 0.717) is 13.2 Å². The average molecular weight is 362 g/mol. The predicted octanol–water partition coefficient (Wildman–Crippen LogP) is 4.27. The van der Waals surface area contributed by atoms with Crippen molar-refractivity contribution in [3.8, 4) is 17.2 Å². The largest absolute Gasteiger partial charge is 0.486 e. The van der Waals surface area contributed by atoms with Crippen molar-refractivity contribution < 1.29 is 14.2 Å². The Bertz CT molecular complexity index is 933. The molecule has 0 amide bonds. The highest BCUT2D eigenvalue weighted by molar-refractivity contribution is 6.02. The lowest BCUT2D eigenvalue weighted by Crippen LogP contribution is -2.51. The minimum Gasteiger partial charge on any atom is -0.486 e. The summed E-state index contributed by atoms with van der Waals surface area (Å²) in [4.78, 5) is 0. The summed E-state index contributed by atoms with van der Waals surface area (Å²) in [7, 11) is 0. The summed E-state index contributed by atoms with van der Waals surface area (Å²) in [6.07, 6.45) is 5.35. The van der Waals surface area contributed by atoms with Gasteiger partial charge in [-0.05, 0) is 37.1 Å². The summed E-state index contributed by atoms with van der Waals surface area (Å²) in [6.45, 7) is 1.21. The fourth-order valence-corrected chi connectivity index (χ4v) is 4.88. The molecule has 1 atom stereocenters. The van der Waals surface area contributed by atoms with Crippen molar-refractivity contribution in [3.05, 3.63) is 53.6 Å². The van der Waals surface area contributed by atoms with Crippen LogP contribution in [0.1, 0.15) is 49.3 Å². The van der Waals surface area contributed by atoms with Crippen molar-refractivity contribution >= 4 is 5.71 Å². The van der Waals surface area contributed by atoms with Crippen LogP contribution in [0.2, 0.25) is 0 Å². The molecule has 0 aromatic heterocycles. The van der Waals surface area contributed by atoms with E-state index in [1.165, 1.54) is 18.4 Å². The zero-order chi connectivity index (χ0) is 17.8. The maximum Gasteiger partial charge on any atom is 0.198 e. The zero-order valence-electron chi connectivity index (χ0n) is 15.2. The summed E-state index contributed by atoms with van der Waals surface area (Å²) >= 11 is 0. The third-order valence-electron chi connectivity index (χ3n) is 6.17. The van der Waals surface area contributed by atoms with Crippen molar-refractivity contribution in [2.24, 2.45) is 5.10 Å². The van der Waals surface area contributed by atoms with Crippen LogP contribution < -0.4 is 14.2 Å². The van der Waals surface area contributed by atoms with Crippen molar-refractivity contribution in [2.75, 3.05) is 13.2 Å². The predicted molar refractivity (Wildman–Crippen MR) is 101 cm³/mol. The van der Waals surface area contributed by atoms with Gasteiger partial charge in [0.05, 0.1) is 11.8 Å². The lowest BCUT2D eigenvalue weighted by molar-refractivity contribution is -0.114. The third-order valence-corrected chi connectivity index (χ3v) is 6.17. The van der Waals surface area contributed by atoms with Gasteiger partial charge in [0.15, 0.2) is 17.2 Å². The van der Waals surface area contributed by atoms with Gasteiger partial charge in [-0.1, -0.05) is 18.2 Å². The van der Waals surface area contributed by atoms with Gasteiger partial charge < -0.3 is 14.2 Å². The number of para-hydroxylation sites is 1. The molecule has 0 bridgehead atoms. The van der Waals surface area contributed by atoms with Crippen molar-refractivity contribution in [2.45, 2.75) is 43.9 Å². The minimum absolute atomic E-state index is 0.247. The number of benzene rings is 2. The van der Waals surface area contributed by atoms with E-state index < -0.39 is 0 Å². The van der Waals surface area contributed by atoms with Gasteiger partial charge in [0.1, 0.15) is 19.0 Å². The zero-order valence-corrected chi connectivity index (χ0v) is 15.2. The first-order valence-electron chi connectivity index (χ1n) is 9.87. The molecule has 2 aromatic rings. The first-order chi connectivity index (χ1) is 13.3. The van der Waals surface area contributed by atoms with Crippen LogP contribution in [0.25, 0.3) is 0 Å². The third kappa shape index (κ3) is 2.27. The summed E-state index contributed by atoms with van der Waals surface area (Å²) in [5.41, 5.74) is 3.17. The fraction of sp³-hybridized carbons (Fsp3) is 0.409. The van der Waals surface area contributed by atoms with Crippen LogP contribution >= 0.6 is 0 Å². The van der Waals surface area contributed by atoms with E-state index in [9.17, 15) is 0 Å². The van der Waals surface area contributed by atoms with E-state index in [0.717, 1.165) is 47.8 Å². The van der Waals surface area contributed by atoms with E-state index in [2.05, 4.69) is 41.4 Å². The van der Waals surface area contributed by atoms with Crippen LogP contribution in [0.4, 0.5) is 0 Å². The highest BCUT2D eigenvalue weighted by Crippen LogP contribution is 2.52. The molecule has 1 saturated carbocycles. The number of ether oxygens (including phenoxy) is 3. The van der Waals surface area contributed by atoms with E-state index >= 15 is 0 Å². The number of hydrogen-bond donors (Lipinski definition) is 0. The van der Waals surface area contributed by atoms with Gasteiger partial charge in [-0.2, -0.15) is 5.10 Å². The molecule has 27 heavy (non-hydrogen) atoms. The molecule has 0 unspecified atom stereocenters. The fourth-order valence-electron chi connectivity index (χ4n) is 4.88. The number of fused-ring (bicyclic) bond motifs is 5. The smallest absolute Gasteiger partial charge is 0.198 e. The lowest BCUT2D eigenvalue weighted by Gasteiger charge is -2.45. The Labute approximate surface area is 158 Å². The molecule has 1 fully saturated rings. The van der Waals surface area contributed by atoms with Crippen molar-refractivity contribution in [1.29, 1.82) is 0 Å². The van der Waals surface area contributed by atoms with Crippen LogP contribution in [0.15, 0.2) is 47.6 Å². The second kappa shape index (κ2) is 5.65. The summed E-state index contributed by atoms with van der Waals surface area (Å²) in [5.74, 6) is 2.67. The Morgan fingerprint density at radius 3 is 2.63 bits per heavy atom. The molecule has 1 aliphatic carbocycles. The summed E-state index contributed by atoms with van der Waals surface area (Å²) in [6, 6.07) is 14.9. The van der Waals surface area contributed by atoms with Gasteiger partial charge in [-0.25, -0.2) is 5.01 Å². The highest BCUT2D eigenvalue weighted by atomic mass is 16.6. The number of hydrazone groups is 1. The van der Waals surface area contributed by atoms with E-state index in [1.807, 2.05) is 6.07 Å². The van der Waals surface area contributed by atoms with E-state index in [4.69, 9.17) is 19.3 Å². The van der Waals surface area contributed by atoms with Crippen LogP contribution in [-0.2, 0) is 0 Å². The van der Waals surface area contributed by atoms with E-state index in [-0.39, 0.29) is 11.8 Å². The van der Waals surface area contributed by atoms with Gasteiger partial charge in [0, 0.05) is 30.4 Å². The highest BCUT2D eigenvalue weighted by Gasteiger charge is 2.51. The van der Waals surface area contributed by atoms with Gasteiger partial charge in [-0.3, -0.25) is 0 Å². The molecule has 5 nitrogen and oxygen atoms in total. The molecule has 5 heteroatoms. The second-order valence-electron chi connectivity index (χ2n) is 7.76. The molecule has 3 aliphatic heterocycles. The number of nitrogens with zero attached hydrogens (tertiary/aromatic N) is 2. The Morgan fingerprint density at radius 1 is 0.926 bits per heavy atom. The maximum atomic E-state index is 6.54.